The summed E-state index contributed by atoms with van der Waals surface area (Å²) in [4.78, 5) is 0.239. The van der Waals surface area contributed by atoms with Crippen LogP contribution in [0.4, 0.5) is 0 Å². The highest BCUT2D eigenvalue weighted by atomic mass is 79.9. The Labute approximate surface area is 130 Å². The van der Waals surface area contributed by atoms with E-state index in [9.17, 15) is 13.5 Å². The van der Waals surface area contributed by atoms with Gasteiger partial charge in [0.15, 0.2) is 0 Å². The predicted molar refractivity (Wildman–Crippen MR) is 84.1 cm³/mol. The molecule has 114 valence electrons. The van der Waals surface area contributed by atoms with Gasteiger partial charge >= 0.3 is 0 Å². The van der Waals surface area contributed by atoms with Crippen LogP contribution in [0.2, 0.25) is 0 Å². The van der Waals surface area contributed by atoms with Crippen LogP contribution < -0.4 is 0 Å². The maximum atomic E-state index is 12.7. The second kappa shape index (κ2) is 6.13. The van der Waals surface area contributed by atoms with Crippen molar-refractivity contribution in [2.75, 3.05) is 13.6 Å². The average molecular weight is 364 g/mol. The molecule has 0 heterocycles. The van der Waals surface area contributed by atoms with Gasteiger partial charge in [-0.15, -0.1) is 0 Å². The lowest BCUT2D eigenvalue weighted by molar-refractivity contribution is 0.281. The number of rotatable bonds is 4. The molecule has 0 atom stereocenters. The Bertz CT molecular complexity index is 591. The lowest BCUT2D eigenvalue weighted by atomic mass is 9.97. The lowest BCUT2D eigenvalue weighted by Crippen LogP contribution is -2.35. The van der Waals surface area contributed by atoms with Crippen LogP contribution in [0.15, 0.2) is 21.5 Å². The van der Waals surface area contributed by atoms with Crippen molar-refractivity contribution in [2.24, 2.45) is 5.41 Å². The summed E-state index contributed by atoms with van der Waals surface area (Å²) < 4.78 is 27.4. The Hall–Kier alpha value is -0.430. The fourth-order valence-electron chi connectivity index (χ4n) is 1.99. The largest absolute Gasteiger partial charge is 0.392 e. The summed E-state index contributed by atoms with van der Waals surface area (Å²) in [6, 6.07) is 3.27. The van der Waals surface area contributed by atoms with E-state index in [2.05, 4.69) is 15.9 Å². The normalized spacial score (nSPS) is 13.0. The van der Waals surface area contributed by atoms with Crippen LogP contribution >= 0.6 is 15.9 Å². The Morgan fingerprint density at radius 3 is 2.30 bits per heavy atom. The molecule has 0 radical (unpaired) electrons. The van der Waals surface area contributed by atoms with Crippen molar-refractivity contribution in [2.45, 2.75) is 39.2 Å². The highest BCUT2D eigenvalue weighted by Gasteiger charge is 2.27. The van der Waals surface area contributed by atoms with Crippen LogP contribution in [0.25, 0.3) is 0 Å². The number of nitrogens with zero attached hydrogens (tertiary/aromatic N) is 1. The molecule has 0 amide bonds. The number of aliphatic hydroxyl groups is 1. The topological polar surface area (TPSA) is 57.6 Å². The minimum atomic E-state index is -3.57. The van der Waals surface area contributed by atoms with Gasteiger partial charge < -0.3 is 5.11 Å². The Morgan fingerprint density at radius 2 is 1.85 bits per heavy atom. The Kier molecular flexibility index (Phi) is 5.40. The molecule has 1 N–H and O–H groups in total. The van der Waals surface area contributed by atoms with Gasteiger partial charge in [0, 0.05) is 18.1 Å². The third kappa shape index (κ3) is 4.04. The van der Waals surface area contributed by atoms with Crippen molar-refractivity contribution in [3.8, 4) is 0 Å². The predicted octanol–water partition coefficient (Wildman–Crippen LogP) is 2.92. The minimum absolute atomic E-state index is 0.123. The van der Waals surface area contributed by atoms with Crippen LogP contribution in [0.1, 0.15) is 31.9 Å². The maximum absolute atomic E-state index is 12.7. The smallest absolute Gasteiger partial charge is 0.243 e. The van der Waals surface area contributed by atoms with Crippen LogP contribution in [-0.4, -0.2) is 31.4 Å². The van der Waals surface area contributed by atoms with Crippen molar-refractivity contribution in [1.29, 1.82) is 0 Å². The third-order valence-corrected chi connectivity index (χ3v) is 5.68. The minimum Gasteiger partial charge on any atom is -0.392 e. The molecule has 1 aromatic carbocycles. The molecular weight excluding hydrogens is 342 g/mol. The Balaban J connectivity index is 3.32. The van der Waals surface area contributed by atoms with Crippen LogP contribution in [-0.2, 0) is 16.6 Å². The summed E-state index contributed by atoms with van der Waals surface area (Å²) in [5.41, 5.74) is 1.11. The molecule has 0 aliphatic carbocycles. The molecule has 0 aromatic heterocycles. The number of halogens is 1. The van der Waals surface area contributed by atoms with E-state index in [4.69, 9.17) is 0 Å². The van der Waals surface area contributed by atoms with Crippen molar-refractivity contribution in [3.63, 3.8) is 0 Å². The Morgan fingerprint density at radius 1 is 1.30 bits per heavy atom. The molecule has 1 aromatic rings. The first kappa shape index (κ1) is 17.6. The maximum Gasteiger partial charge on any atom is 0.243 e. The van der Waals surface area contributed by atoms with Crippen LogP contribution in [0.3, 0.4) is 0 Å². The number of hydrogen-bond acceptors (Lipinski definition) is 3. The van der Waals surface area contributed by atoms with Gasteiger partial charge in [0.1, 0.15) is 0 Å². The fourth-order valence-corrected chi connectivity index (χ4v) is 4.32. The summed E-state index contributed by atoms with van der Waals surface area (Å²) in [5.74, 6) is 0. The molecule has 0 saturated carbocycles. The molecular formula is C14H22BrNO3S. The van der Waals surface area contributed by atoms with E-state index in [1.54, 1.807) is 20.0 Å². The zero-order valence-corrected chi connectivity index (χ0v) is 15.0. The highest BCUT2D eigenvalue weighted by Crippen LogP contribution is 2.29. The number of benzene rings is 1. The van der Waals surface area contributed by atoms with Gasteiger partial charge in [-0.05, 0) is 35.6 Å². The molecule has 1 rings (SSSR count). The summed E-state index contributed by atoms with van der Waals surface area (Å²) >= 11 is 3.35. The first-order chi connectivity index (χ1) is 8.99. The summed E-state index contributed by atoms with van der Waals surface area (Å²) in [7, 11) is -1.98. The van der Waals surface area contributed by atoms with E-state index < -0.39 is 10.0 Å². The second-order valence-electron chi connectivity index (χ2n) is 6.18. The van der Waals surface area contributed by atoms with E-state index >= 15 is 0 Å². The molecule has 0 aliphatic rings. The zero-order valence-electron chi connectivity index (χ0n) is 12.6. The first-order valence-corrected chi connectivity index (χ1v) is 8.58. The number of sulfonamides is 1. The van der Waals surface area contributed by atoms with Gasteiger partial charge in [-0.3, -0.25) is 0 Å². The lowest BCUT2D eigenvalue weighted by Gasteiger charge is -2.27. The summed E-state index contributed by atoms with van der Waals surface area (Å²) in [5, 5.41) is 9.24. The molecule has 20 heavy (non-hydrogen) atoms. The highest BCUT2D eigenvalue weighted by molar-refractivity contribution is 9.10. The fraction of sp³-hybridized carbons (Fsp3) is 0.571. The standard InChI is InChI=1S/C14H22BrNO3S/c1-10-12(15)6-11(8-17)7-13(10)20(18,19)16(5)9-14(2,3)4/h6-7,17H,8-9H2,1-5H3. The van der Waals surface area contributed by atoms with E-state index in [0.717, 1.165) is 0 Å². The molecule has 6 heteroatoms. The van der Waals surface area contributed by atoms with Gasteiger partial charge in [0.2, 0.25) is 10.0 Å². The monoisotopic (exact) mass is 363 g/mol. The zero-order chi connectivity index (χ0) is 15.7. The van der Waals surface area contributed by atoms with E-state index in [0.29, 0.717) is 22.1 Å². The van der Waals surface area contributed by atoms with Crippen LogP contribution in [0, 0.1) is 12.3 Å². The van der Waals surface area contributed by atoms with Gasteiger partial charge in [0.05, 0.1) is 11.5 Å². The van der Waals surface area contributed by atoms with Gasteiger partial charge in [-0.25, -0.2) is 12.7 Å². The number of hydrogen-bond donors (Lipinski definition) is 1. The van der Waals surface area contributed by atoms with Crippen molar-refractivity contribution >= 4 is 26.0 Å². The van der Waals surface area contributed by atoms with Gasteiger partial charge in [0.25, 0.3) is 0 Å². The first-order valence-electron chi connectivity index (χ1n) is 6.35. The molecule has 4 nitrogen and oxygen atoms in total. The molecule has 0 unspecified atom stereocenters. The van der Waals surface area contributed by atoms with Crippen molar-refractivity contribution in [1.82, 2.24) is 4.31 Å². The van der Waals surface area contributed by atoms with Gasteiger partial charge in [-0.2, -0.15) is 0 Å². The summed E-state index contributed by atoms with van der Waals surface area (Å²) in [6.45, 7) is 7.97. The SMILES string of the molecule is Cc1c(Br)cc(CO)cc1S(=O)(=O)N(C)CC(C)(C)C. The van der Waals surface area contributed by atoms with Crippen molar-refractivity contribution < 1.29 is 13.5 Å². The van der Waals surface area contributed by atoms with Crippen LogP contribution in [0.5, 0.6) is 0 Å². The van der Waals surface area contributed by atoms with E-state index in [-0.39, 0.29) is 16.9 Å². The summed E-state index contributed by atoms with van der Waals surface area (Å²) in [6.07, 6.45) is 0. The van der Waals surface area contributed by atoms with Crippen molar-refractivity contribution in [3.05, 3.63) is 27.7 Å². The average Bonchev–Trinajstić information content (AvgIpc) is 2.29. The molecule has 0 aliphatic heterocycles. The molecule has 0 saturated heterocycles. The quantitative estimate of drug-likeness (QED) is 0.894. The van der Waals surface area contributed by atoms with Gasteiger partial charge in [-0.1, -0.05) is 36.7 Å². The second-order valence-corrected chi connectivity index (χ2v) is 9.05. The molecule has 0 bridgehead atoms. The van der Waals surface area contributed by atoms with E-state index in [1.165, 1.54) is 10.4 Å². The number of aliphatic hydroxyl groups excluding tert-OH is 1. The molecule has 0 spiro atoms. The third-order valence-electron chi connectivity index (χ3n) is 2.92. The molecule has 0 fully saturated rings. The van der Waals surface area contributed by atoms with E-state index in [1.807, 2.05) is 20.8 Å².